The van der Waals surface area contributed by atoms with Crippen LogP contribution < -0.4 is 15.5 Å². The number of benzene rings is 3. The minimum atomic E-state index is -0.827. The Bertz CT molecular complexity index is 1290. The van der Waals surface area contributed by atoms with Gasteiger partial charge in [0, 0.05) is 61.1 Å². The second-order valence-corrected chi connectivity index (χ2v) is 9.85. The number of fused-ring (bicyclic) bond motifs is 1. The van der Waals surface area contributed by atoms with Crippen LogP contribution in [-0.4, -0.2) is 79.4 Å². The van der Waals surface area contributed by atoms with Crippen LogP contribution in [0.1, 0.15) is 6.42 Å². The molecule has 8 nitrogen and oxygen atoms in total. The SMILES string of the molecule is O=C(C[C@@H]1C(=O)NCCN1C(=O)CN1CCN(c2ccc(Cl)cc2)CC1)Nc1cccc2ccccc12. The fourth-order valence-electron chi connectivity index (χ4n) is 5.03. The Labute approximate surface area is 221 Å². The molecule has 0 bridgehead atoms. The molecule has 2 N–H and O–H groups in total. The number of amides is 3. The minimum absolute atomic E-state index is 0.0921. The third kappa shape index (κ3) is 5.87. The van der Waals surface area contributed by atoms with Crippen LogP contribution in [0.15, 0.2) is 66.7 Å². The molecule has 3 aromatic rings. The van der Waals surface area contributed by atoms with E-state index in [0.717, 1.165) is 42.6 Å². The van der Waals surface area contributed by atoms with Crippen LogP contribution in [0.3, 0.4) is 0 Å². The first-order valence-electron chi connectivity index (χ1n) is 12.6. The van der Waals surface area contributed by atoms with Gasteiger partial charge in [0.25, 0.3) is 0 Å². The fraction of sp³-hybridized carbons (Fsp3) is 0.321. The molecule has 0 radical (unpaired) electrons. The van der Waals surface area contributed by atoms with E-state index in [9.17, 15) is 14.4 Å². The lowest BCUT2D eigenvalue weighted by Gasteiger charge is -2.39. The van der Waals surface area contributed by atoms with Crippen molar-refractivity contribution in [2.75, 3.05) is 56.0 Å². The molecule has 37 heavy (non-hydrogen) atoms. The molecule has 2 heterocycles. The maximum absolute atomic E-state index is 13.3. The summed E-state index contributed by atoms with van der Waals surface area (Å²) >= 11 is 6.00. The molecule has 2 aliphatic heterocycles. The molecule has 3 amide bonds. The largest absolute Gasteiger partial charge is 0.369 e. The van der Waals surface area contributed by atoms with Crippen molar-refractivity contribution < 1.29 is 14.4 Å². The van der Waals surface area contributed by atoms with Crippen LogP contribution in [0, 0.1) is 0 Å². The first-order valence-corrected chi connectivity index (χ1v) is 12.9. The molecule has 0 spiro atoms. The molecular weight excluding hydrogens is 490 g/mol. The summed E-state index contributed by atoms with van der Waals surface area (Å²) in [7, 11) is 0. The summed E-state index contributed by atoms with van der Waals surface area (Å²) in [4.78, 5) is 44.9. The number of hydrogen-bond donors (Lipinski definition) is 2. The lowest BCUT2D eigenvalue weighted by Crippen LogP contribution is -2.60. The van der Waals surface area contributed by atoms with Crippen LogP contribution in [0.25, 0.3) is 10.8 Å². The average Bonchev–Trinajstić information content (AvgIpc) is 2.91. The Kier molecular flexibility index (Phi) is 7.58. The first-order chi connectivity index (χ1) is 18.0. The average molecular weight is 520 g/mol. The number of hydrogen-bond acceptors (Lipinski definition) is 5. The van der Waals surface area contributed by atoms with Gasteiger partial charge in [-0.05, 0) is 35.7 Å². The van der Waals surface area contributed by atoms with Crippen molar-refractivity contribution in [3.63, 3.8) is 0 Å². The van der Waals surface area contributed by atoms with Crippen molar-refractivity contribution in [1.29, 1.82) is 0 Å². The summed E-state index contributed by atoms with van der Waals surface area (Å²) in [6, 6.07) is 20.4. The quantitative estimate of drug-likeness (QED) is 0.523. The molecule has 9 heteroatoms. The Hall–Kier alpha value is -3.62. The van der Waals surface area contributed by atoms with E-state index < -0.39 is 6.04 Å². The number of nitrogens with zero attached hydrogens (tertiary/aromatic N) is 3. The highest BCUT2D eigenvalue weighted by atomic mass is 35.5. The number of carbonyl (C=O) groups excluding carboxylic acids is 3. The van der Waals surface area contributed by atoms with Crippen LogP contribution in [0.2, 0.25) is 5.02 Å². The zero-order valence-electron chi connectivity index (χ0n) is 20.5. The van der Waals surface area contributed by atoms with Gasteiger partial charge in [-0.15, -0.1) is 0 Å². The van der Waals surface area contributed by atoms with Crippen LogP contribution in [-0.2, 0) is 14.4 Å². The topological polar surface area (TPSA) is 85.0 Å². The van der Waals surface area contributed by atoms with E-state index in [1.807, 2.05) is 66.7 Å². The molecule has 0 aromatic heterocycles. The smallest absolute Gasteiger partial charge is 0.243 e. The molecule has 0 aliphatic carbocycles. The van der Waals surface area contributed by atoms with Crippen LogP contribution in [0.5, 0.6) is 0 Å². The van der Waals surface area contributed by atoms with Gasteiger partial charge in [0.05, 0.1) is 13.0 Å². The number of piperazine rings is 2. The molecule has 0 unspecified atom stereocenters. The van der Waals surface area contributed by atoms with E-state index in [2.05, 4.69) is 20.4 Å². The molecule has 2 aliphatic rings. The number of rotatable bonds is 6. The monoisotopic (exact) mass is 519 g/mol. The van der Waals surface area contributed by atoms with E-state index in [1.54, 1.807) is 4.90 Å². The summed E-state index contributed by atoms with van der Waals surface area (Å²) in [5, 5.41) is 8.39. The van der Waals surface area contributed by atoms with E-state index in [1.165, 1.54) is 0 Å². The number of halogens is 1. The zero-order valence-corrected chi connectivity index (χ0v) is 21.3. The van der Waals surface area contributed by atoms with Gasteiger partial charge in [0.2, 0.25) is 17.7 Å². The molecule has 0 saturated carbocycles. The highest BCUT2D eigenvalue weighted by molar-refractivity contribution is 6.30. The fourth-order valence-corrected chi connectivity index (χ4v) is 5.15. The van der Waals surface area contributed by atoms with Gasteiger partial charge in [0.15, 0.2) is 0 Å². The second kappa shape index (κ2) is 11.2. The lowest BCUT2D eigenvalue weighted by atomic mass is 10.1. The highest BCUT2D eigenvalue weighted by Crippen LogP contribution is 2.24. The third-order valence-electron chi connectivity index (χ3n) is 7.02. The van der Waals surface area contributed by atoms with Gasteiger partial charge in [0.1, 0.15) is 6.04 Å². The molecule has 2 fully saturated rings. The summed E-state index contributed by atoms with van der Waals surface area (Å²) in [5.41, 5.74) is 1.80. The maximum Gasteiger partial charge on any atom is 0.243 e. The minimum Gasteiger partial charge on any atom is -0.369 e. The van der Waals surface area contributed by atoms with Crippen molar-refractivity contribution in [3.8, 4) is 0 Å². The Morgan fingerprint density at radius 3 is 2.43 bits per heavy atom. The summed E-state index contributed by atoms with van der Waals surface area (Å²) in [5.74, 6) is -0.717. The van der Waals surface area contributed by atoms with Crippen LogP contribution >= 0.6 is 11.6 Å². The van der Waals surface area contributed by atoms with Crippen molar-refractivity contribution in [2.24, 2.45) is 0 Å². The van der Waals surface area contributed by atoms with E-state index in [4.69, 9.17) is 11.6 Å². The Balaban J connectivity index is 1.19. The van der Waals surface area contributed by atoms with Gasteiger partial charge >= 0.3 is 0 Å². The van der Waals surface area contributed by atoms with Gasteiger partial charge < -0.3 is 20.4 Å². The Morgan fingerprint density at radius 2 is 1.65 bits per heavy atom. The summed E-state index contributed by atoms with van der Waals surface area (Å²) < 4.78 is 0. The molecule has 3 aromatic carbocycles. The van der Waals surface area contributed by atoms with E-state index >= 15 is 0 Å². The van der Waals surface area contributed by atoms with Crippen molar-refractivity contribution in [2.45, 2.75) is 12.5 Å². The van der Waals surface area contributed by atoms with Crippen molar-refractivity contribution in [3.05, 3.63) is 71.8 Å². The van der Waals surface area contributed by atoms with E-state index in [0.29, 0.717) is 23.8 Å². The predicted molar refractivity (Wildman–Crippen MR) is 146 cm³/mol. The van der Waals surface area contributed by atoms with Gasteiger partial charge in [-0.3, -0.25) is 19.3 Å². The molecule has 1 atom stereocenters. The summed E-state index contributed by atoms with van der Waals surface area (Å²) in [6.07, 6.45) is -0.0921. The number of anilines is 2. The standard InChI is InChI=1S/C28H30ClN5O3/c29-21-8-10-22(11-9-21)33-16-14-32(15-17-33)19-27(36)34-13-12-30-28(37)25(34)18-26(35)31-24-7-3-5-20-4-1-2-6-23(20)24/h1-11,25H,12-19H2,(H,30,37)(H,31,35)/t25-/m1/s1. The van der Waals surface area contributed by atoms with Gasteiger partial charge in [-0.1, -0.05) is 48.0 Å². The molecule has 2 saturated heterocycles. The maximum atomic E-state index is 13.3. The third-order valence-corrected chi connectivity index (χ3v) is 7.27. The Morgan fingerprint density at radius 1 is 0.919 bits per heavy atom. The normalized spacial score (nSPS) is 18.5. The van der Waals surface area contributed by atoms with Crippen molar-refractivity contribution >= 4 is 51.5 Å². The lowest BCUT2D eigenvalue weighted by molar-refractivity contribution is -0.145. The van der Waals surface area contributed by atoms with E-state index in [-0.39, 0.29) is 30.7 Å². The van der Waals surface area contributed by atoms with Crippen LogP contribution in [0.4, 0.5) is 11.4 Å². The zero-order chi connectivity index (χ0) is 25.8. The summed E-state index contributed by atoms with van der Waals surface area (Å²) in [6.45, 7) is 4.07. The second-order valence-electron chi connectivity index (χ2n) is 9.41. The first kappa shape index (κ1) is 25.0. The van der Waals surface area contributed by atoms with Gasteiger partial charge in [-0.25, -0.2) is 0 Å². The molecule has 192 valence electrons. The number of nitrogens with one attached hydrogen (secondary N) is 2. The highest BCUT2D eigenvalue weighted by Gasteiger charge is 2.35. The van der Waals surface area contributed by atoms with Gasteiger partial charge in [-0.2, -0.15) is 0 Å². The molecule has 5 rings (SSSR count). The molecular formula is C28H30ClN5O3. The predicted octanol–water partition coefficient (Wildman–Crippen LogP) is 2.97. The van der Waals surface area contributed by atoms with Crippen molar-refractivity contribution in [1.82, 2.24) is 15.1 Å². The number of carbonyl (C=O) groups is 3.